The largest absolute Gasteiger partial charge is 0.375 e. The summed E-state index contributed by atoms with van der Waals surface area (Å²) in [5.41, 5.74) is 4.64. The van der Waals surface area contributed by atoms with Gasteiger partial charge >= 0.3 is 0 Å². The zero-order valence-electron chi connectivity index (χ0n) is 5.87. The number of carbonyl (C=O) groups excluding carboxylic acids is 2. The molecule has 0 saturated carbocycles. The fourth-order valence-corrected chi connectivity index (χ4v) is 0.366. The molecule has 0 aromatic carbocycles. The van der Waals surface area contributed by atoms with Crippen molar-refractivity contribution < 1.29 is 14.7 Å². The molecule has 10 heavy (non-hydrogen) atoms. The van der Waals surface area contributed by atoms with Crippen LogP contribution in [0.4, 0.5) is 0 Å². The van der Waals surface area contributed by atoms with Gasteiger partial charge in [-0.1, -0.05) is 0 Å². The molecule has 0 aromatic rings. The van der Waals surface area contributed by atoms with Crippen molar-refractivity contribution >= 4 is 11.8 Å². The second-order valence-corrected chi connectivity index (χ2v) is 2.04. The zero-order chi connectivity index (χ0) is 8.31. The van der Waals surface area contributed by atoms with Crippen LogP contribution in [0.3, 0.4) is 0 Å². The fourth-order valence-electron chi connectivity index (χ4n) is 0.366. The average molecular weight is 146 g/mol. The third kappa shape index (κ3) is 2.02. The van der Waals surface area contributed by atoms with Crippen molar-refractivity contribution in [2.24, 2.45) is 5.73 Å². The first-order valence-electron chi connectivity index (χ1n) is 2.65. The van der Waals surface area contributed by atoms with E-state index in [1.807, 2.05) is 0 Å². The Labute approximate surface area is 58.4 Å². The predicted octanol–water partition coefficient (Wildman–Crippen LogP) is -2.08. The van der Waals surface area contributed by atoms with Crippen molar-refractivity contribution in [3.63, 3.8) is 0 Å². The van der Waals surface area contributed by atoms with Gasteiger partial charge in [-0.25, -0.2) is 0 Å². The molecule has 0 aromatic heterocycles. The summed E-state index contributed by atoms with van der Waals surface area (Å²) in [5.74, 6) is -1.73. The second-order valence-electron chi connectivity index (χ2n) is 2.04. The topological polar surface area (TPSA) is 83.6 Å². The third-order valence-corrected chi connectivity index (χ3v) is 0.944. The maximum atomic E-state index is 10.7. The van der Waals surface area contributed by atoms with Crippen LogP contribution in [0.25, 0.3) is 0 Å². The lowest BCUT2D eigenvalue weighted by molar-refractivity contribution is -0.144. The van der Waals surface area contributed by atoms with Gasteiger partial charge in [0.1, 0.15) is 0 Å². The summed E-state index contributed by atoms with van der Waals surface area (Å²) >= 11 is 0. The van der Waals surface area contributed by atoms with Crippen LogP contribution in [-0.4, -0.2) is 42.0 Å². The number of primary amides is 1. The molecule has 5 nitrogen and oxygen atoms in total. The number of likely N-dealkylation sites (N-methyl/N-ethyl adjacent to an activating group) is 1. The lowest BCUT2D eigenvalue weighted by Crippen LogP contribution is -2.42. The van der Waals surface area contributed by atoms with Crippen molar-refractivity contribution in [2.45, 2.75) is 6.10 Å². The molecule has 0 bridgehead atoms. The van der Waals surface area contributed by atoms with E-state index in [1.165, 1.54) is 14.1 Å². The van der Waals surface area contributed by atoms with Crippen molar-refractivity contribution in [3.8, 4) is 0 Å². The Morgan fingerprint density at radius 3 is 2.00 bits per heavy atom. The van der Waals surface area contributed by atoms with Crippen LogP contribution in [0.1, 0.15) is 0 Å². The SMILES string of the molecule is CN(C)C(=O)[C@H](O)C(N)=O. The van der Waals surface area contributed by atoms with Crippen LogP contribution >= 0.6 is 0 Å². The molecular formula is C5H10N2O3. The number of aliphatic hydroxyl groups is 1. The van der Waals surface area contributed by atoms with Crippen molar-refractivity contribution in [2.75, 3.05) is 14.1 Å². The number of carbonyl (C=O) groups is 2. The molecule has 3 N–H and O–H groups in total. The van der Waals surface area contributed by atoms with E-state index < -0.39 is 17.9 Å². The van der Waals surface area contributed by atoms with Gasteiger partial charge in [-0.15, -0.1) is 0 Å². The van der Waals surface area contributed by atoms with E-state index >= 15 is 0 Å². The molecule has 0 aliphatic carbocycles. The van der Waals surface area contributed by atoms with E-state index in [0.29, 0.717) is 0 Å². The first-order valence-corrected chi connectivity index (χ1v) is 2.65. The molecule has 0 rings (SSSR count). The van der Waals surface area contributed by atoms with Crippen molar-refractivity contribution in [1.82, 2.24) is 4.90 Å². The molecule has 1 atom stereocenters. The third-order valence-electron chi connectivity index (χ3n) is 0.944. The van der Waals surface area contributed by atoms with Crippen LogP contribution in [0.15, 0.2) is 0 Å². The average Bonchev–Trinajstić information content (AvgIpc) is 1.84. The van der Waals surface area contributed by atoms with Gasteiger partial charge in [0.2, 0.25) is 6.10 Å². The van der Waals surface area contributed by atoms with E-state index in [4.69, 9.17) is 5.11 Å². The number of aliphatic hydroxyl groups excluding tert-OH is 1. The smallest absolute Gasteiger partial charge is 0.260 e. The molecule has 0 aliphatic rings. The van der Waals surface area contributed by atoms with Crippen LogP contribution in [0.2, 0.25) is 0 Å². The Hall–Kier alpha value is -1.10. The Balaban J connectivity index is 4.08. The summed E-state index contributed by atoms with van der Waals surface area (Å²) in [7, 11) is 2.85. The Bertz CT molecular complexity index is 155. The van der Waals surface area contributed by atoms with E-state index in [0.717, 1.165) is 4.90 Å². The molecule has 0 fully saturated rings. The quantitative estimate of drug-likeness (QED) is 0.438. The van der Waals surface area contributed by atoms with Crippen molar-refractivity contribution in [1.29, 1.82) is 0 Å². The molecular weight excluding hydrogens is 136 g/mol. The highest BCUT2D eigenvalue weighted by Gasteiger charge is 2.21. The van der Waals surface area contributed by atoms with E-state index in [9.17, 15) is 9.59 Å². The highest BCUT2D eigenvalue weighted by molar-refractivity contribution is 6.01. The summed E-state index contributed by atoms with van der Waals surface area (Å²) in [4.78, 5) is 21.9. The van der Waals surface area contributed by atoms with Gasteiger partial charge in [0.25, 0.3) is 11.8 Å². The lowest BCUT2D eigenvalue weighted by Gasteiger charge is -2.12. The Morgan fingerprint density at radius 2 is 1.90 bits per heavy atom. The molecule has 58 valence electrons. The lowest BCUT2D eigenvalue weighted by atomic mass is 10.3. The molecule has 5 heteroatoms. The van der Waals surface area contributed by atoms with Gasteiger partial charge in [0, 0.05) is 14.1 Å². The fraction of sp³-hybridized carbons (Fsp3) is 0.600. The summed E-state index contributed by atoms with van der Waals surface area (Å²) in [6.07, 6.45) is -1.71. The zero-order valence-corrected chi connectivity index (χ0v) is 5.87. The van der Waals surface area contributed by atoms with E-state index in [2.05, 4.69) is 5.73 Å². The number of amides is 2. The molecule has 0 saturated heterocycles. The second kappa shape index (κ2) is 3.17. The van der Waals surface area contributed by atoms with Crippen LogP contribution in [0.5, 0.6) is 0 Å². The number of nitrogens with two attached hydrogens (primary N) is 1. The number of hydrogen-bond acceptors (Lipinski definition) is 3. The molecule has 0 radical (unpaired) electrons. The highest BCUT2D eigenvalue weighted by Crippen LogP contribution is 1.86. The Morgan fingerprint density at radius 1 is 1.50 bits per heavy atom. The van der Waals surface area contributed by atoms with Crippen molar-refractivity contribution in [3.05, 3.63) is 0 Å². The van der Waals surface area contributed by atoms with E-state index in [-0.39, 0.29) is 0 Å². The van der Waals surface area contributed by atoms with Crippen LogP contribution in [0, 0.1) is 0 Å². The summed E-state index contributed by atoms with van der Waals surface area (Å²) < 4.78 is 0. The minimum atomic E-state index is -1.71. The minimum Gasteiger partial charge on any atom is -0.375 e. The number of nitrogens with zero attached hydrogens (tertiary/aromatic N) is 1. The minimum absolute atomic E-state index is 0.701. The normalized spacial score (nSPS) is 12.3. The monoisotopic (exact) mass is 146 g/mol. The van der Waals surface area contributed by atoms with Gasteiger partial charge in [-0.05, 0) is 0 Å². The summed E-state index contributed by atoms with van der Waals surface area (Å²) in [6.45, 7) is 0. The predicted molar refractivity (Wildman–Crippen MR) is 33.9 cm³/mol. The number of hydrogen-bond donors (Lipinski definition) is 2. The van der Waals surface area contributed by atoms with Gasteiger partial charge in [0.05, 0.1) is 0 Å². The van der Waals surface area contributed by atoms with Gasteiger partial charge in [-0.2, -0.15) is 0 Å². The summed E-state index contributed by atoms with van der Waals surface area (Å²) in [6, 6.07) is 0. The van der Waals surface area contributed by atoms with Gasteiger partial charge in [0.15, 0.2) is 0 Å². The van der Waals surface area contributed by atoms with Crippen LogP contribution < -0.4 is 5.73 Å². The maximum absolute atomic E-state index is 10.7. The maximum Gasteiger partial charge on any atom is 0.260 e. The molecule has 0 unspecified atom stereocenters. The Kier molecular flexibility index (Phi) is 2.82. The molecule has 0 heterocycles. The van der Waals surface area contributed by atoms with Crippen LogP contribution in [-0.2, 0) is 9.59 Å². The first kappa shape index (κ1) is 8.90. The van der Waals surface area contributed by atoms with Gasteiger partial charge in [-0.3, -0.25) is 9.59 Å². The molecule has 2 amide bonds. The number of rotatable bonds is 2. The highest BCUT2D eigenvalue weighted by atomic mass is 16.3. The summed E-state index contributed by atoms with van der Waals surface area (Å²) in [5, 5.41) is 8.70. The van der Waals surface area contributed by atoms with E-state index in [1.54, 1.807) is 0 Å². The molecule has 0 spiro atoms. The molecule has 0 aliphatic heterocycles. The van der Waals surface area contributed by atoms with Gasteiger partial charge < -0.3 is 15.7 Å². The first-order chi connectivity index (χ1) is 4.46. The standard InChI is InChI=1S/C5H10N2O3/c1-7(2)5(10)3(8)4(6)9/h3,8H,1-2H3,(H2,6,9)/t3-/m1/s1.